The molecule has 1 aromatic carbocycles. The molecule has 1 nitrogen and oxygen atoms in total. The molecular formula is C11H16N. The topological polar surface area (TPSA) is 12.0 Å². The van der Waals surface area contributed by atoms with E-state index in [1.807, 2.05) is 18.2 Å². The lowest BCUT2D eigenvalue weighted by atomic mass is 10.1. The molecular weight excluding hydrogens is 146 g/mol. The molecule has 0 fully saturated rings. The molecule has 0 aliphatic carbocycles. The third-order valence-electron chi connectivity index (χ3n) is 2.05. The van der Waals surface area contributed by atoms with Gasteiger partial charge in [-0.2, -0.15) is 0 Å². The predicted octanol–water partition coefficient (Wildman–Crippen LogP) is 3.09. The Morgan fingerprint density at radius 3 is 2.58 bits per heavy atom. The fraction of sp³-hybridized carbons (Fsp3) is 0.455. The second-order valence-electron chi connectivity index (χ2n) is 2.93. The van der Waals surface area contributed by atoms with Crippen LogP contribution in [0.25, 0.3) is 0 Å². The number of benzene rings is 1. The maximum absolute atomic E-state index is 3.42. The number of rotatable bonds is 4. The monoisotopic (exact) mass is 162 g/mol. The minimum atomic E-state index is 0.587. The zero-order chi connectivity index (χ0) is 8.81. The number of hydrogen-bond donors (Lipinski definition) is 1. The first kappa shape index (κ1) is 9.11. The SMILES string of the molecule is CCC(CC)Nc1[c]cccc1. The second kappa shape index (κ2) is 4.81. The summed E-state index contributed by atoms with van der Waals surface area (Å²) in [4.78, 5) is 0. The summed E-state index contributed by atoms with van der Waals surface area (Å²) < 4.78 is 0. The van der Waals surface area contributed by atoms with Crippen molar-refractivity contribution < 1.29 is 0 Å². The summed E-state index contributed by atoms with van der Waals surface area (Å²) in [5.41, 5.74) is 1.10. The zero-order valence-electron chi connectivity index (χ0n) is 7.80. The first-order valence-electron chi connectivity index (χ1n) is 4.60. The van der Waals surface area contributed by atoms with Crippen molar-refractivity contribution in [2.45, 2.75) is 32.7 Å². The molecule has 0 spiro atoms. The first-order chi connectivity index (χ1) is 5.86. The van der Waals surface area contributed by atoms with Gasteiger partial charge >= 0.3 is 0 Å². The fourth-order valence-electron chi connectivity index (χ4n) is 1.20. The van der Waals surface area contributed by atoms with Gasteiger partial charge in [-0.3, -0.25) is 0 Å². The molecule has 0 bridgehead atoms. The van der Waals surface area contributed by atoms with Gasteiger partial charge in [0.15, 0.2) is 0 Å². The summed E-state index contributed by atoms with van der Waals surface area (Å²) in [7, 11) is 0. The lowest BCUT2D eigenvalue weighted by Gasteiger charge is -2.15. The van der Waals surface area contributed by atoms with Crippen LogP contribution in [0.15, 0.2) is 24.3 Å². The molecule has 0 saturated carbocycles. The molecule has 0 unspecified atom stereocenters. The molecule has 65 valence electrons. The van der Waals surface area contributed by atoms with Gasteiger partial charge in [0, 0.05) is 17.8 Å². The van der Waals surface area contributed by atoms with Crippen LogP contribution < -0.4 is 5.32 Å². The van der Waals surface area contributed by atoms with Crippen LogP contribution >= 0.6 is 0 Å². The van der Waals surface area contributed by atoms with E-state index >= 15 is 0 Å². The maximum Gasteiger partial charge on any atom is 0.0422 e. The Kier molecular flexibility index (Phi) is 3.65. The third kappa shape index (κ3) is 2.57. The summed E-state index contributed by atoms with van der Waals surface area (Å²) in [5, 5.41) is 3.42. The highest BCUT2D eigenvalue weighted by Gasteiger charge is 2.01. The Hall–Kier alpha value is -0.980. The van der Waals surface area contributed by atoms with Gasteiger partial charge in [-0.15, -0.1) is 0 Å². The van der Waals surface area contributed by atoms with Gasteiger partial charge in [0.05, 0.1) is 0 Å². The van der Waals surface area contributed by atoms with Gasteiger partial charge < -0.3 is 5.32 Å². The highest BCUT2D eigenvalue weighted by atomic mass is 14.9. The van der Waals surface area contributed by atoms with Crippen LogP contribution in [0.2, 0.25) is 0 Å². The van der Waals surface area contributed by atoms with Gasteiger partial charge in [-0.1, -0.05) is 32.0 Å². The Labute approximate surface area is 74.8 Å². The van der Waals surface area contributed by atoms with Crippen LogP contribution in [0, 0.1) is 6.07 Å². The number of nitrogens with one attached hydrogen (secondary N) is 1. The average molecular weight is 162 g/mol. The molecule has 12 heavy (non-hydrogen) atoms. The van der Waals surface area contributed by atoms with Crippen molar-refractivity contribution in [2.75, 3.05) is 5.32 Å². The molecule has 0 amide bonds. The van der Waals surface area contributed by atoms with Crippen molar-refractivity contribution in [1.82, 2.24) is 0 Å². The third-order valence-corrected chi connectivity index (χ3v) is 2.05. The van der Waals surface area contributed by atoms with Crippen molar-refractivity contribution in [2.24, 2.45) is 0 Å². The molecule has 0 aliphatic rings. The van der Waals surface area contributed by atoms with E-state index in [4.69, 9.17) is 0 Å². The Morgan fingerprint density at radius 2 is 2.08 bits per heavy atom. The predicted molar refractivity (Wildman–Crippen MR) is 53.3 cm³/mol. The first-order valence-corrected chi connectivity index (χ1v) is 4.60. The van der Waals surface area contributed by atoms with E-state index in [0.717, 1.165) is 5.69 Å². The highest BCUT2D eigenvalue weighted by molar-refractivity contribution is 5.41. The van der Waals surface area contributed by atoms with Crippen molar-refractivity contribution in [3.63, 3.8) is 0 Å². The van der Waals surface area contributed by atoms with Gasteiger partial charge in [0.25, 0.3) is 0 Å². The summed E-state index contributed by atoms with van der Waals surface area (Å²) in [6.45, 7) is 4.40. The van der Waals surface area contributed by atoms with E-state index in [1.54, 1.807) is 0 Å². The lowest BCUT2D eigenvalue weighted by Crippen LogP contribution is -2.16. The van der Waals surface area contributed by atoms with Crippen molar-refractivity contribution in [3.8, 4) is 0 Å². The summed E-state index contributed by atoms with van der Waals surface area (Å²) in [5.74, 6) is 0. The van der Waals surface area contributed by atoms with E-state index in [0.29, 0.717) is 6.04 Å². The van der Waals surface area contributed by atoms with Crippen molar-refractivity contribution in [1.29, 1.82) is 0 Å². The van der Waals surface area contributed by atoms with Crippen LogP contribution in [0.3, 0.4) is 0 Å². The standard InChI is InChI=1S/C11H16N/c1-3-10(4-2)12-11-8-6-5-7-9-11/h5-8,10,12H,3-4H2,1-2H3. The van der Waals surface area contributed by atoms with Crippen LogP contribution in [0.4, 0.5) is 5.69 Å². The van der Waals surface area contributed by atoms with Gasteiger partial charge in [-0.05, 0) is 18.9 Å². The van der Waals surface area contributed by atoms with Crippen LogP contribution in [0.1, 0.15) is 26.7 Å². The lowest BCUT2D eigenvalue weighted by molar-refractivity contribution is 0.671. The second-order valence-corrected chi connectivity index (χ2v) is 2.93. The van der Waals surface area contributed by atoms with Crippen molar-refractivity contribution >= 4 is 5.69 Å². The fourth-order valence-corrected chi connectivity index (χ4v) is 1.20. The Bertz CT molecular complexity index is 202. The van der Waals surface area contributed by atoms with E-state index < -0.39 is 0 Å². The molecule has 0 aromatic heterocycles. The molecule has 0 saturated heterocycles. The highest BCUT2D eigenvalue weighted by Crippen LogP contribution is 2.09. The largest absolute Gasteiger partial charge is 0.382 e. The van der Waals surface area contributed by atoms with Gasteiger partial charge in [0.2, 0.25) is 0 Å². The van der Waals surface area contributed by atoms with Crippen molar-refractivity contribution in [3.05, 3.63) is 30.3 Å². The van der Waals surface area contributed by atoms with E-state index in [9.17, 15) is 0 Å². The molecule has 1 N–H and O–H groups in total. The minimum Gasteiger partial charge on any atom is -0.382 e. The molecule has 1 aromatic rings. The Balaban J connectivity index is 2.51. The molecule has 0 atom stereocenters. The van der Waals surface area contributed by atoms with E-state index in [2.05, 4.69) is 31.3 Å². The summed E-state index contributed by atoms with van der Waals surface area (Å²) >= 11 is 0. The minimum absolute atomic E-state index is 0.587. The molecule has 1 radical (unpaired) electrons. The van der Waals surface area contributed by atoms with Crippen LogP contribution in [-0.4, -0.2) is 6.04 Å². The number of hydrogen-bond acceptors (Lipinski definition) is 1. The summed E-state index contributed by atoms with van der Waals surface area (Å²) in [6, 6.07) is 11.7. The van der Waals surface area contributed by atoms with Gasteiger partial charge in [0.1, 0.15) is 0 Å². The quantitative estimate of drug-likeness (QED) is 0.717. The average Bonchev–Trinajstić information content (AvgIpc) is 2.16. The normalized spacial score (nSPS) is 10.2. The molecule has 1 heteroatoms. The summed E-state index contributed by atoms with van der Waals surface area (Å²) in [6.07, 6.45) is 2.33. The number of para-hydroxylation sites is 1. The number of anilines is 1. The zero-order valence-corrected chi connectivity index (χ0v) is 7.80. The van der Waals surface area contributed by atoms with Crippen LogP contribution in [-0.2, 0) is 0 Å². The molecule has 0 heterocycles. The Morgan fingerprint density at radius 1 is 1.33 bits per heavy atom. The molecule has 1 rings (SSSR count). The maximum atomic E-state index is 3.42. The van der Waals surface area contributed by atoms with E-state index in [1.165, 1.54) is 12.8 Å². The molecule has 0 aliphatic heterocycles. The van der Waals surface area contributed by atoms with Crippen LogP contribution in [0.5, 0.6) is 0 Å². The van der Waals surface area contributed by atoms with Gasteiger partial charge in [-0.25, -0.2) is 0 Å². The smallest absolute Gasteiger partial charge is 0.0422 e. The van der Waals surface area contributed by atoms with E-state index in [-0.39, 0.29) is 0 Å².